The van der Waals surface area contributed by atoms with Crippen molar-refractivity contribution < 1.29 is 4.39 Å². The van der Waals surface area contributed by atoms with Crippen molar-refractivity contribution in [2.24, 2.45) is 15.0 Å². The Labute approximate surface area is 217 Å². The molecule has 0 radical (unpaired) electrons. The van der Waals surface area contributed by atoms with E-state index in [4.69, 9.17) is 9.98 Å². The van der Waals surface area contributed by atoms with Crippen LogP contribution in [0, 0.1) is 6.92 Å². The number of para-hydroxylation sites is 1. The van der Waals surface area contributed by atoms with Crippen molar-refractivity contribution in [3.63, 3.8) is 0 Å². The quantitative estimate of drug-likeness (QED) is 0.156. The van der Waals surface area contributed by atoms with Gasteiger partial charge in [-0.2, -0.15) is 0 Å². The lowest BCUT2D eigenvalue weighted by Gasteiger charge is -2.21. The van der Waals surface area contributed by atoms with Crippen molar-refractivity contribution in [2.45, 2.75) is 60.3 Å². The smallest absolute Gasteiger partial charge is 0.123 e. The molecule has 0 aliphatic rings. The predicted octanol–water partition coefficient (Wildman–Crippen LogP) is 6.50. The molecule has 1 aromatic rings. The van der Waals surface area contributed by atoms with E-state index in [2.05, 4.69) is 55.5 Å². The first-order valence-electron chi connectivity index (χ1n) is 12.8. The van der Waals surface area contributed by atoms with Gasteiger partial charge in [0.05, 0.1) is 23.8 Å². The number of aryl methyl sites for hydroxylation is 1. The third-order valence-electron chi connectivity index (χ3n) is 5.40. The molecular weight excluding hydrogens is 451 g/mol. The summed E-state index contributed by atoms with van der Waals surface area (Å²) in [6.45, 7) is 12.2. The Kier molecular flexibility index (Phi) is 15.7. The van der Waals surface area contributed by atoms with Crippen LogP contribution in [-0.2, 0) is 0 Å². The summed E-state index contributed by atoms with van der Waals surface area (Å²) in [4.78, 5) is 15.9. The predicted molar refractivity (Wildman–Crippen MR) is 155 cm³/mol. The van der Waals surface area contributed by atoms with Gasteiger partial charge < -0.3 is 15.5 Å². The lowest BCUT2D eigenvalue weighted by atomic mass is 10.1. The van der Waals surface area contributed by atoms with E-state index in [1.807, 2.05) is 31.1 Å². The van der Waals surface area contributed by atoms with Crippen molar-refractivity contribution in [1.82, 2.24) is 15.5 Å². The van der Waals surface area contributed by atoms with E-state index in [0.29, 0.717) is 6.54 Å². The van der Waals surface area contributed by atoms with Crippen molar-refractivity contribution in [3.8, 4) is 0 Å². The van der Waals surface area contributed by atoms with E-state index in [1.54, 1.807) is 18.5 Å². The van der Waals surface area contributed by atoms with Crippen LogP contribution in [0.15, 0.2) is 74.9 Å². The van der Waals surface area contributed by atoms with Crippen LogP contribution in [-0.4, -0.2) is 56.3 Å². The molecular formula is C29H45FN6. The summed E-state index contributed by atoms with van der Waals surface area (Å²) in [5.74, 6) is 0.728. The fraction of sp³-hybridized carbons (Fsp3) is 0.483. The third-order valence-corrected chi connectivity index (χ3v) is 5.40. The second-order valence-electron chi connectivity index (χ2n) is 8.77. The van der Waals surface area contributed by atoms with Crippen LogP contribution in [0.2, 0.25) is 0 Å². The average Bonchev–Trinajstić information content (AvgIpc) is 2.84. The van der Waals surface area contributed by atoms with Gasteiger partial charge in [-0.15, -0.1) is 0 Å². The summed E-state index contributed by atoms with van der Waals surface area (Å²) in [7, 11) is 4.00. The van der Waals surface area contributed by atoms with Gasteiger partial charge in [0.25, 0.3) is 0 Å². The number of hydrogen-bond donors (Lipinski definition) is 2. The molecule has 0 saturated heterocycles. The van der Waals surface area contributed by atoms with Crippen molar-refractivity contribution in [3.05, 3.63) is 65.5 Å². The molecule has 0 bridgehead atoms. The van der Waals surface area contributed by atoms with Crippen LogP contribution in [0.25, 0.3) is 0 Å². The Hall–Kier alpha value is -3.06. The molecule has 0 aliphatic heterocycles. The molecule has 0 unspecified atom stereocenters. The number of allylic oxidation sites excluding steroid dienone is 4. The second-order valence-corrected chi connectivity index (χ2v) is 8.77. The van der Waals surface area contributed by atoms with Gasteiger partial charge in [-0.25, -0.2) is 4.39 Å². The summed E-state index contributed by atoms with van der Waals surface area (Å²) in [6.07, 6.45) is 9.87. The first-order chi connectivity index (χ1) is 17.3. The number of rotatable bonds is 16. The molecule has 7 heteroatoms. The highest BCUT2D eigenvalue weighted by molar-refractivity contribution is 5.87. The summed E-state index contributed by atoms with van der Waals surface area (Å²) < 4.78 is 12.7. The summed E-state index contributed by atoms with van der Waals surface area (Å²) in [6, 6.07) is 8.26. The van der Waals surface area contributed by atoms with Gasteiger partial charge in [0.2, 0.25) is 0 Å². The first-order valence-corrected chi connectivity index (χ1v) is 12.8. The molecule has 198 valence electrons. The molecule has 0 saturated carbocycles. The van der Waals surface area contributed by atoms with Crippen LogP contribution >= 0.6 is 0 Å². The summed E-state index contributed by atoms with van der Waals surface area (Å²) >= 11 is 0. The molecule has 36 heavy (non-hydrogen) atoms. The number of halogens is 1. The molecule has 1 aromatic carbocycles. The van der Waals surface area contributed by atoms with Crippen LogP contribution in [0.3, 0.4) is 0 Å². The average molecular weight is 497 g/mol. The standard InChI is InChI=1S/C29H45FN6/c1-8-26(35-28-15-11-10-13-23(28)3)17-20-32-19-16-25(5)34-27(9-2)29(36(6)7)33-22-21-31-18-12-14-24(4)30/h10-15,18,21,32-33H,8-9,16-17,19-20,22H2,1-7H3/b18-12-,24-14+,29-27+,31-21?,34-25?,35-26?. The monoisotopic (exact) mass is 496 g/mol. The fourth-order valence-electron chi connectivity index (χ4n) is 3.38. The second kappa shape index (κ2) is 18.2. The summed E-state index contributed by atoms with van der Waals surface area (Å²) in [5, 5.41) is 6.93. The van der Waals surface area contributed by atoms with E-state index in [1.165, 1.54) is 24.3 Å². The Morgan fingerprint density at radius 3 is 2.42 bits per heavy atom. The van der Waals surface area contributed by atoms with Crippen molar-refractivity contribution in [1.29, 1.82) is 0 Å². The normalized spacial score (nSPS) is 14.1. The maximum Gasteiger partial charge on any atom is 0.123 e. The lowest BCUT2D eigenvalue weighted by molar-refractivity contribution is 0.460. The largest absolute Gasteiger partial charge is 0.365 e. The van der Waals surface area contributed by atoms with Gasteiger partial charge in [0.1, 0.15) is 5.82 Å². The molecule has 0 amide bonds. The zero-order valence-electron chi connectivity index (χ0n) is 23.2. The zero-order chi connectivity index (χ0) is 26.8. The van der Waals surface area contributed by atoms with Gasteiger partial charge >= 0.3 is 0 Å². The maximum absolute atomic E-state index is 12.7. The molecule has 0 atom stereocenters. The molecule has 0 heterocycles. The zero-order valence-corrected chi connectivity index (χ0v) is 23.2. The van der Waals surface area contributed by atoms with Crippen LogP contribution in [0.5, 0.6) is 0 Å². The molecule has 0 spiro atoms. The van der Waals surface area contributed by atoms with Gasteiger partial charge in [0.15, 0.2) is 0 Å². The summed E-state index contributed by atoms with van der Waals surface area (Å²) in [5.41, 5.74) is 5.59. The highest BCUT2D eigenvalue weighted by Crippen LogP contribution is 2.18. The van der Waals surface area contributed by atoms with Gasteiger partial charge in [-0.3, -0.25) is 15.0 Å². The molecule has 0 aromatic heterocycles. The number of benzene rings is 1. The Morgan fingerprint density at radius 1 is 1.06 bits per heavy atom. The maximum atomic E-state index is 12.7. The number of aliphatic imine (C=N–C) groups is 3. The van der Waals surface area contributed by atoms with E-state index < -0.39 is 0 Å². The topological polar surface area (TPSA) is 64.4 Å². The minimum atomic E-state index is -0.244. The van der Waals surface area contributed by atoms with Crippen molar-refractivity contribution >= 4 is 23.3 Å². The SMILES string of the molecule is CCC(CCNCCC(C)=N/C(CC)=C(\NCC=N/C=C\C=C(/C)F)N(C)C)=Nc1ccccc1C. The minimum absolute atomic E-state index is 0.244. The highest BCUT2D eigenvalue weighted by atomic mass is 19.1. The van der Waals surface area contributed by atoms with Crippen molar-refractivity contribution in [2.75, 3.05) is 33.7 Å². The van der Waals surface area contributed by atoms with Gasteiger partial charge in [-0.05, 0) is 70.2 Å². The van der Waals surface area contributed by atoms with E-state index in [9.17, 15) is 4.39 Å². The van der Waals surface area contributed by atoms with Crippen LogP contribution < -0.4 is 10.6 Å². The lowest BCUT2D eigenvalue weighted by Crippen LogP contribution is -2.28. The molecule has 2 N–H and O–H groups in total. The van der Waals surface area contributed by atoms with Crippen LogP contribution in [0.1, 0.15) is 58.9 Å². The van der Waals surface area contributed by atoms with Crippen LogP contribution in [0.4, 0.5) is 10.1 Å². The van der Waals surface area contributed by atoms with Gasteiger partial charge in [-0.1, -0.05) is 32.0 Å². The van der Waals surface area contributed by atoms with E-state index >= 15 is 0 Å². The minimum Gasteiger partial charge on any atom is -0.365 e. The van der Waals surface area contributed by atoms with E-state index in [0.717, 1.165) is 61.7 Å². The van der Waals surface area contributed by atoms with Gasteiger partial charge in [0, 0.05) is 51.0 Å². The molecule has 1 rings (SSSR count). The number of hydrogen-bond acceptors (Lipinski definition) is 6. The molecule has 0 fully saturated rings. The Balaban J connectivity index is 2.61. The Morgan fingerprint density at radius 2 is 1.78 bits per heavy atom. The van der Waals surface area contributed by atoms with E-state index in [-0.39, 0.29) is 5.83 Å². The Bertz CT molecular complexity index is 966. The molecule has 6 nitrogen and oxygen atoms in total. The molecule has 0 aliphatic carbocycles. The third kappa shape index (κ3) is 13.1. The highest BCUT2D eigenvalue weighted by Gasteiger charge is 2.07. The number of nitrogens with zero attached hydrogens (tertiary/aromatic N) is 4. The first kappa shape index (κ1) is 31.0. The fourth-order valence-corrected chi connectivity index (χ4v) is 3.38. The number of nitrogens with one attached hydrogen (secondary N) is 2.